The molecule has 7 heteroatoms. The normalized spacial score (nSPS) is 18.0. The van der Waals surface area contributed by atoms with Gasteiger partial charge in [-0.25, -0.2) is 4.98 Å². The SMILES string of the molecule is CCNC(=NCCCOCC)NC1CCN(c2ncccc2Cl)C1. The van der Waals surface area contributed by atoms with E-state index in [0.717, 1.165) is 64.0 Å². The third-order valence-corrected chi connectivity index (χ3v) is 4.13. The highest BCUT2D eigenvalue weighted by Crippen LogP contribution is 2.25. The van der Waals surface area contributed by atoms with Crippen molar-refractivity contribution in [1.82, 2.24) is 15.6 Å². The number of nitrogens with one attached hydrogen (secondary N) is 2. The van der Waals surface area contributed by atoms with Crippen molar-refractivity contribution in [3.8, 4) is 0 Å². The summed E-state index contributed by atoms with van der Waals surface area (Å²) >= 11 is 6.25. The largest absolute Gasteiger partial charge is 0.382 e. The lowest BCUT2D eigenvalue weighted by Crippen LogP contribution is -2.44. The molecule has 0 spiro atoms. The number of anilines is 1. The van der Waals surface area contributed by atoms with Crippen LogP contribution in [0.5, 0.6) is 0 Å². The van der Waals surface area contributed by atoms with Gasteiger partial charge in [-0.3, -0.25) is 4.99 Å². The van der Waals surface area contributed by atoms with Gasteiger partial charge in [-0.2, -0.15) is 0 Å². The lowest BCUT2D eigenvalue weighted by atomic mass is 10.3. The Morgan fingerprint density at radius 1 is 1.50 bits per heavy atom. The third kappa shape index (κ3) is 5.83. The molecular weight excluding hydrogens is 326 g/mol. The molecule has 6 nitrogen and oxygen atoms in total. The zero-order valence-corrected chi connectivity index (χ0v) is 15.4. The van der Waals surface area contributed by atoms with Gasteiger partial charge >= 0.3 is 0 Å². The van der Waals surface area contributed by atoms with Gasteiger partial charge in [0.05, 0.1) is 5.02 Å². The van der Waals surface area contributed by atoms with Crippen LogP contribution in [0.1, 0.15) is 26.7 Å². The molecule has 2 heterocycles. The molecule has 0 amide bonds. The number of hydrogen-bond acceptors (Lipinski definition) is 4. The second kappa shape index (κ2) is 10.4. The molecule has 2 rings (SSSR count). The molecule has 0 saturated carbocycles. The minimum atomic E-state index is 0.341. The average Bonchev–Trinajstić information content (AvgIpc) is 3.03. The van der Waals surface area contributed by atoms with E-state index >= 15 is 0 Å². The van der Waals surface area contributed by atoms with E-state index in [0.29, 0.717) is 11.1 Å². The standard InChI is InChI=1S/C17H28ClN5O/c1-3-19-17(21-10-6-12-24-4-2)22-14-8-11-23(13-14)16-15(18)7-5-9-20-16/h5,7,9,14H,3-4,6,8,10-13H2,1-2H3,(H2,19,21,22). The number of rotatable bonds is 8. The van der Waals surface area contributed by atoms with E-state index in [4.69, 9.17) is 16.3 Å². The van der Waals surface area contributed by atoms with E-state index in [1.807, 2.05) is 19.1 Å². The number of aromatic nitrogens is 1. The average molecular weight is 354 g/mol. The summed E-state index contributed by atoms with van der Waals surface area (Å²) in [5, 5.41) is 7.52. The maximum absolute atomic E-state index is 6.25. The molecule has 134 valence electrons. The Bertz CT molecular complexity index is 525. The fraction of sp³-hybridized carbons (Fsp3) is 0.647. The molecule has 1 aromatic heterocycles. The van der Waals surface area contributed by atoms with Crippen LogP contribution in [0.25, 0.3) is 0 Å². The molecule has 1 fully saturated rings. The van der Waals surface area contributed by atoms with Gasteiger partial charge in [0.25, 0.3) is 0 Å². The van der Waals surface area contributed by atoms with Crippen molar-refractivity contribution in [2.45, 2.75) is 32.7 Å². The summed E-state index contributed by atoms with van der Waals surface area (Å²) < 4.78 is 5.35. The summed E-state index contributed by atoms with van der Waals surface area (Å²) in [6.45, 7) is 9.03. The Hall–Kier alpha value is -1.53. The number of nitrogens with zero attached hydrogens (tertiary/aromatic N) is 3. The van der Waals surface area contributed by atoms with Crippen LogP contribution in [0.2, 0.25) is 5.02 Å². The second-order valence-electron chi connectivity index (χ2n) is 5.70. The summed E-state index contributed by atoms with van der Waals surface area (Å²) in [4.78, 5) is 11.2. The van der Waals surface area contributed by atoms with Gasteiger partial charge in [-0.1, -0.05) is 11.6 Å². The first kappa shape index (κ1) is 18.8. The van der Waals surface area contributed by atoms with E-state index in [1.165, 1.54) is 0 Å². The third-order valence-electron chi connectivity index (χ3n) is 3.83. The number of ether oxygens (including phenoxy) is 1. The van der Waals surface area contributed by atoms with Crippen LogP contribution in [0.15, 0.2) is 23.3 Å². The van der Waals surface area contributed by atoms with Crippen molar-refractivity contribution in [3.63, 3.8) is 0 Å². The van der Waals surface area contributed by atoms with Crippen molar-refractivity contribution < 1.29 is 4.74 Å². The highest BCUT2D eigenvalue weighted by Gasteiger charge is 2.25. The number of aliphatic imine (C=N–C) groups is 1. The van der Waals surface area contributed by atoms with Crippen LogP contribution >= 0.6 is 11.6 Å². The minimum Gasteiger partial charge on any atom is -0.382 e. The molecule has 1 aliphatic heterocycles. The monoisotopic (exact) mass is 353 g/mol. The summed E-state index contributed by atoms with van der Waals surface area (Å²) in [6.07, 6.45) is 3.76. The van der Waals surface area contributed by atoms with E-state index in [9.17, 15) is 0 Å². The zero-order chi connectivity index (χ0) is 17.2. The molecule has 24 heavy (non-hydrogen) atoms. The zero-order valence-electron chi connectivity index (χ0n) is 14.6. The minimum absolute atomic E-state index is 0.341. The van der Waals surface area contributed by atoms with E-state index in [-0.39, 0.29) is 0 Å². The smallest absolute Gasteiger partial charge is 0.191 e. The van der Waals surface area contributed by atoms with Crippen LogP contribution in [-0.2, 0) is 4.74 Å². The van der Waals surface area contributed by atoms with Crippen LogP contribution in [-0.4, -0.2) is 56.4 Å². The molecule has 1 atom stereocenters. The van der Waals surface area contributed by atoms with E-state index in [2.05, 4.69) is 32.4 Å². The number of hydrogen-bond donors (Lipinski definition) is 2. The molecule has 0 aliphatic carbocycles. The fourth-order valence-corrected chi connectivity index (χ4v) is 2.94. The number of pyridine rings is 1. The van der Waals surface area contributed by atoms with E-state index in [1.54, 1.807) is 6.20 Å². The predicted octanol–water partition coefficient (Wildman–Crippen LogP) is 2.30. The number of guanidine groups is 1. The predicted molar refractivity (Wildman–Crippen MR) is 100 cm³/mol. The van der Waals surface area contributed by atoms with Gasteiger partial charge < -0.3 is 20.3 Å². The Morgan fingerprint density at radius 2 is 2.38 bits per heavy atom. The highest BCUT2D eigenvalue weighted by atomic mass is 35.5. The van der Waals surface area contributed by atoms with Gasteiger partial charge in [0.1, 0.15) is 5.82 Å². The first-order chi connectivity index (χ1) is 11.7. The highest BCUT2D eigenvalue weighted by molar-refractivity contribution is 6.32. The van der Waals surface area contributed by atoms with Gasteiger partial charge in [0.15, 0.2) is 5.96 Å². The van der Waals surface area contributed by atoms with Crippen LogP contribution in [0, 0.1) is 0 Å². The van der Waals surface area contributed by atoms with E-state index < -0.39 is 0 Å². The molecule has 1 aromatic rings. The molecule has 0 bridgehead atoms. The molecule has 1 aliphatic rings. The van der Waals surface area contributed by atoms with Gasteiger partial charge in [0, 0.05) is 51.6 Å². The summed E-state index contributed by atoms with van der Waals surface area (Å²) in [7, 11) is 0. The maximum atomic E-state index is 6.25. The lowest BCUT2D eigenvalue weighted by molar-refractivity contribution is 0.146. The summed E-state index contributed by atoms with van der Waals surface area (Å²) in [5.41, 5.74) is 0. The molecular formula is C17H28ClN5O. The summed E-state index contributed by atoms with van der Waals surface area (Å²) in [6, 6.07) is 4.08. The second-order valence-corrected chi connectivity index (χ2v) is 6.10. The topological polar surface area (TPSA) is 61.8 Å². The van der Waals surface area contributed by atoms with Gasteiger partial charge in [-0.15, -0.1) is 0 Å². The Balaban J connectivity index is 1.84. The van der Waals surface area contributed by atoms with Gasteiger partial charge in [-0.05, 0) is 38.8 Å². The lowest BCUT2D eigenvalue weighted by Gasteiger charge is -2.20. The van der Waals surface area contributed by atoms with Crippen LogP contribution < -0.4 is 15.5 Å². The van der Waals surface area contributed by atoms with Crippen molar-refractivity contribution >= 4 is 23.4 Å². The molecule has 1 unspecified atom stereocenters. The first-order valence-corrected chi connectivity index (χ1v) is 9.10. The van der Waals surface area contributed by atoms with Crippen molar-refractivity contribution in [3.05, 3.63) is 23.4 Å². The molecule has 0 aromatic carbocycles. The van der Waals surface area contributed by atoms with Crippen LogP contribution in [0.4, 0.5) is 5.82 Å². The van der Waals surface area contributed by atoms with Crippen LogP contribution in [0.3, 0.4) is 0 Å². The number of halogens is 1. The molecule has 1 saturated heterocycles. The molecule has 0 radical (unpaired) electrons. The Kier molecular flexibility index (Phi) is 8.12. The Labute approximate surface area is 149 Å². The molecule has 2 N–H and O–H groups in total. The first-order valence-electron chi connectivity index (χ1n) is 8.72. The fourth-order valence-electron chi connectivity index (χ4n) is 2.70. The quantitative estimate of drug-likeness (QED) is 0.426. The van der Waals surface area contributed by atoms with Crippen molar-refractivity contribution in [1.29, 1.82) is 0 Å². The summed E-state index contributed by atoms with van der Waals surface area (Å²) in [5.74, 6) is 1.73. The Morgan fingerprint density at radius 3 is 3.12 bits per heavy atom. The van der Waals surface area contributed by atoms with Gasteiger partial charge in [0.2, 0.25) is 0 Å². The van der Waals surface area contributed by atoms with Crippen molar-refractivity contribution in [2.24, 2.45) is 4.99 Å². The maximum Gasteiger partial charge on any atom is 0.191 e. The van der Waals surface area contributed by atoms with Crippen molar-refractivity contribution in [2.75, 3.05) is 44.3 Å².